The molecule has 0 aliphatic carbocycles. The van der Waals surface area contributed by atoms with Gasteiger partial charge < -0.3 is 10.1 Å². The van der Waals surface area contributed by atoms with E-state index < -0.39 is 0 Å². The first kappa shape index (κ1) is 18.7. The third-order valence-electron chi connectivity index (χ3n) is 4.19. The molecule has 0 aliphatic rings. The Morgan fingerprint density at radius 1 is 0.852 bits per heavy atom. The second kappa shape index (κ2) is 9.04. The monoisotopic (exact) mass is 359 g/mol. The lowest BCUT2D eigenvalue weighted by atomic mass is 10.0. The van der Waals surface area contributed by atoms with Gasteiger partial charge in [0.2, 0.25) is 5.91 Å². The lowest BCUT2D eigenvalue weighted by Gasteiger charge is -2.11. The number of hydrogen-bond donors (Lipinski definition) is 1. The number of rotatable bonds is 7. The van der Waals surface area contributed by atoms with E-state index in [4.69, 9.17) is 4.74 Å². The summed E-state index contributed by atoms with van der Waals surface area (Å²) in [5.74, 6) is 0.839. The van der Waals surface area contributed by atoms with Crippen molar-refractivity contribution in [2.75, 3.05) is 0 Å². The number of ether oxygens (including phenoxy) is 1. The van der Waals surface area contributed by atoms with Crippen molar-refractivity contribution in [3.05, 3.63) is 90.0 Å². The molecule has 138 valence electrons. The molecular weight excluding hydrogens is 334 g/mol. The Bertz CT molecular complexity index is 870. The highest BCUT2D eigenvalue weighted by Gasteiger charge is 2.05. The van der Waals surface area contributed by atoms with Gasteiger partial charge >= 0.3 is 0 Å². The Labute approximate surface area is 161 Å². The summed E-state index contributed by atoms with van der Waals surface area (Å²) >= 11 is 0. The summed E-state index contributed by atoms with van der Waals surface area (Å²) in [5, 5.41) is 2.98. The highest BCUT2D eigenvalue weighted by molar-refractivity contribution is 5.78. The molecular formula is C24H25NO2. The molecule has 0 aliphatic heterocycles. The molecule has 0 bridgehead atoms. The van der Waals surface area contributed by atoms with Crippen molar-refractivity contribution in [1.82, 2.24) is 5.32 Å². The fourth-order valence-electron chi connectivity index (χ4n) is 2.90. The molecule has 3 aromatic carbocycles. The van der Waals surface area contributed by atoms with Gasteiger partial charge in [0, 0.05) is 6.54 Å². The van der Waals surface area contributed by atoms with Gasteiger partial charge in [-0.1, -0.05) is 66.7 Å². The van der Waals surface area contributed by atoms with Crippen molar-refractivity contribution < 1.29 is 9.53 Å². The molecule has 3 heteroatoms. The normalized spacial score (nSPS) is 10.6. The minimum atomic E-state index is 0.0117. The van der Waals surface area contributed by atoms with E-state index >= 15 is 0 Å². The van der Waals surface area contributed by atoms with Gasteiger partial charge in [0.15, 0.2) is 0 Å². The molecule has 0 unspecified atom stereocenters. The molecule has 0 spiro atoms. The summed E-state index contributed by atoms with van der Waals surface area (Å²) in [5.41, 5.74) is 4.36. The molecule has 1 N–H and O–H groups in total. The Hall–Kier alpha value is -3.07. The van der Waals surface area contributed by atoms with Crippen LogP contribution in [0.3, 0.4) is 0 Å². The maximum absolute atomic E-state index is 12.3. The van der Waals surface area contributed by atoms with Gasteiger partial charge in [-0.2, -0.15) is 0 Å². The lowest BCUT2D eigenvalue weighted by molar-refractivity contribution is -0.120. The minimum Gasteiger partial charge on any atom is -0.491 e. The highest BCUT2D eigenvalue weighted by Crippen LogP contribution is 2.19. The maximum Gasteiger partial charge on any atom is 0.224 e. The van der Waals surface area contributed by atoms with Gasteiger partial charge in [0.05, 0.1) is 12.5 Å². The average Bonchev–Trinajstić information content (AvgIpc) is 2.67. The molecule has 27 heavy (non-hydrogen) atoms. The van der Waals surface area contributed by atoms with Crippen LogP contribution in [0.1, 0.15) is 25.0 Å². The van der Waals surface area contributed by atoms with Crippen LogP contribution >= 0.6 is 0 Å². The summed E-state index contributed by atoms with van der Waals surface area (Å²) in [7, 11) is 0. The van der Waals surface area contributed by atoms with E-state index in [0.717, 1.165) is 22.4 Å². The number of amides is 1. The van der Waals surface area contributed by atoms with Crippen LogP contribution in [0.5, 0.6) is 5.75 Å². The molecule has 0 heterocycles. The molecule has 3 rings (SSSR count). The molecule has 0 radical (unpaired) electrons. The van der Waals surface area contributed by atoms with Gasteiger partial charge in [-0.15, -0.1) is 0 Å². The van der Waals surface area contributed by atoms with Gasteiger partial charge in [-0.05, 0) is 48.2 Å². The van der Waals surface area contributed by atoms with Crippen molar-refractivity contribution in [2.45, 2.75) is 32.9 Å². The highest BCUT2D eigenvalue weighted by atomic mass is 16.5. The summed E-state index contributed by atoms with van der Waals surface area (Å²) in [6.07, 6.45) is 0.505. The topological polar surface area (TPSA) is 38.3 Å². The standard InChI is InChI=1S/C24H25NO2/c1-18(2)27-23-10-6-7-20(15-23)17-25-24(26)16-19-11-13-22(14-12-19)21-8-4-3-5-9-21/h3-15,18H,16-17H2,1-2H3,(H,25,26). The third-order valence-corrected chi connectivity index (χ3v) is 4.19. The minimum absolute atomic E-state index is 0.0117. The van der Waals surface area contributed by atoms with E-state index in [2.05, 4.69) is 29.6 Å². The first-order valence-electron chi connectivity index (χ1n) is 9.27. The zero-order valence-corrected chi connectivity index (χ0v) is 15.8. The Morgan fingerprint density at radius 3 is 2.26 bits per heavy atom. The van der Waals surface area contributed by atoms with Crippen LogP contribution in [-0.4, -0.2) is 12.0 Å². The summed E-state index contributed by atoms with van der Waals surface area (Å²) in [4.78, 5) is 12.3. The van der Waals surface area contributed by atoms with Gasteiger partial charge in [0.25, 0.3) is 0 Å². The van der Waals surface area contributed by atoms with Crippen molar-refractivity contribution in [2.24, 2.45) is 0 Å². The van der Waals surface area contributed by atoms with Crippen molar-refractivity contribution in [3.8, 4) is 16.9 Å². The fraction of sp³-hybridized carbons (Fsp3) is 0.208. The fourth-order valence-corrected chi connectivity index (χ4v) is 2.90. The van der Waals surface area contributed by atoms with Crippen LogP contribution in [0.4, 0.5) is 0 Å². The Balaban J connectivity index is 1.54. The van der Waals surface area contributed by atoms with Crippen LogP contribution in [0.15, 0.2) is 78.9 Å². The van der Waals surface area contributed by atoms with Gasteiger partial charge in [-0.3, -0.25) is 4.79 Å². The van der Waals surface area contributed by atoms with E-state index in [-0.39, 0.29) is 12.0 Å². The molecule has 0 atom stereocenters. The first-order valence-corrected chi connectivity index (χ1v) is 9.27. The van der Waals surface area contributed by atoms with E-state index in [9.17, 15) is 4.79 Å². The van der Waals surface area contributed by atoms with E-state index in [1.165, 1.54) is 5.56 Å². The zero-order chi connectivity index (χ0) is 19.1. The predicted molar refractivity (Wildman–Crippen MR) is 110 cm³/mol. The van der Waals surface area contributed by atoms with E-state index in [1.807, 2.05) is 68.4 Å². The summed E-state index contributed by atoms with van der Waals surface area (Å²) in [6.45, 7) is 4.49. The van der Waals surface area contributed by atoms with E-state index in [1.54, 1.807) is 0 Å². The summed E-state index contributed by atoms with van der Waals surface area (Å²) < 4.78 is 5.69. The Morgan fingerprint density at radius 2 is 1.56 bits per heavy atom. The number of benzene rings is 3. The zero-order valence-electron chi connectivity index (χ0n) is 15.8. The molecule has 0 saturated carbocycles. The van der Waals surface area contributed by atoms with E-state index in [0.29, 0.717) is 13.0 Å². The molecule has 3 nitrogen and oxygen atoms in total. The number of carbonyl (C=O) groups is 1. The average molecular weight is 359 g/mol. The molecule has 0 saturated heterocycles. The van der Waals surface area contributed by atoms with Gasteiger partial charge in [0.1, 0.15) is 5.75 Å². The quantitative estimate of drug-likeness (QED) is 0.645. The molecule has 0 fully saturated rings. The third kappa shape index (κ3) is 5.71. The maximum atomic E-state index is 12.3. The SMILES string of the molecule is CC(C)Oc1cccc(CNC(=O)Cc2ccc(-c3ccccc3)cc2)c1. The second-order valence-electron chi connectivity index (χ2n) is 6.83. The van der Waals surface area contributed by atoms with Crippen LogP contribution in [0.25, 0.3) is 11.1 Å². The Kier molecular flexibility index (Phi) is 6.26. The largest absolute Gasteiger partial charge is 0.491 e. The predicted octanol–water partition coefficient (Wildman–Crippen LogP) is 5.00. The van der Waals surface area contributed by atoms with Crippen LogP contribution in [-0.2, 0) is 17.8 Å². The molecule has 3 aromatic rings. The molecule has 1 amide bonds. The number of hydrogen-bond acceptors (Lipinski definition) is 2. The van der Waals surface area contributed by atoms with Gasteiger partial charge in [-0.25, -0.2) is 0 Å². The number of nitrogens with one attached hydrogen (secondary N) is 1. The summed E-state index contributed by atoms with van der Waals surface area (Å²) in [6, 6.07) is 26.2. The molecule has 0 aromatic heterocycles. The second-order valence-corrected chi connectivity index (χ2v) is 6.83. The smallest absolute Gasteiger partial charge is 0.224 e. The van der Waals surface area contributed by atoms with Crippen LogP contribution in [0, 0.1) is 0 Å². The van der Waals surface area contributed by atoms with Crippen LogP contribution in [0.2, 0.25) is 0 Å². The first-order chi connectivity index (χ1) is 13.1. The van der Waals surface area contributed by atoms with Crippen molar-refractivity contribution in [1.29, 1.82) is 0 Å². The van der Waals surface area contributed by atoms with Crippen molar-refractivity contribution >= 4 is 5.91 Å². The number of carbonyl (C=O) groups excluding carboxylic acids is 1. The lowest BCUT2D eigenvalue weighted by Crippen LogP contribution is -2.24. The van der Waals surface area contributed by atoms with Crippen molar-refractivity contribution in [3.63, 3.8) is 0 Å². The van der Waals surface area contributed by atoms with Crippen LogP contribution < -0.4 is 10.1 Å².